The fourth-order valence-corrected chi connectivity index (χ4v) is 6.28. The van der Waals surface area contributed by atoms with Gasteiger partial charge in [0.2, 0.25) is 0 Å². The third kappa shape index (κ3) is 23.5. The van der Waals surface area contributed by atoms with Crippen LogP contribution >= 0.6 is 31.9 Å². The average molecular weight is 1010 g/mol. The second kappa shape index (κ2) is 29.9. The molecule has 2 saturated heterocycles. The van der Waals surface area contributed by atoms with Crippen LogP contribution in [0.2, 0.25) is 0 Å². The molecule has 3 aliphatic heterocycles. The standard InChI is InChI=1S/C14H18O2.C11H13BrO2.C9H10O.C6H5BrO.C5H8O.C3H5.BrH.Mg/c1-2-10-15-14(3-1)16-13-8-6-12(7-9-13)11-4-5-11;12-9-4-6-10(7-5-9)14-11-3-1-2-8-13-11;10-9-5-3-8(4-6-9)7-1-2-7;7-5-1-3-6(8)4-2-5;1-2-4-6-5-3-1;1-2-3-1;;/h6-9,11,14H,1-5,10H2;4-7,11H,1-3,8H2;3-7,10H,1-2H2;1-4,8H;2,4H,1,3,5H2;1H,2-3H2;1H;/q;;;;;-1;;+2/p-1. The van der Waals surface area contributed by atoms with Gasteiger partial charge in [0.05, 0.1) is 26.1 Å². The average Bonchev–Trinajstić information content (AvgIpc) is 4.08. The smallest absolute Gasteiger partial charge is 1.00 e. The summed E-state index contributed by atoms with van der Waals surface area (Å²) < 4.78 is 29.4. The second-order valence-electron chi connectivity index (χ2n) is 14.7. The summed E-state index contributed by atoms with van der Waals surface area (Å²) in [5.41, 5.74) is 2.83. The van der Waals surface area contributed by atoms with Crippen molar-refractivity contribution in [3.8, 4) is 23.0 Å². The minimum Gasteiger partial charge on any atom is -1.00 e. The maximum Gasteiger partial charge on any atom is 2.00 e. The molecule has 10 rings (SSSR count). The summed E-state index contributed by atoms with van der Waals surface area (Å²) in [4.78, 5) is 0. The van der Waals surface area contributed by atoms with E-state index in [0.717, 1.165) is 71.4 Å². The molecular weight excluding hydrogens is 953 g/mol. The quantitative estimate of drug-likeness (QED) is 0.147. The molecule has 3 heterocycles. The van der Waals surface area contributed by atoms with Crippen LogP contribution in [0.1, 0.15) is 113 Å². The first-order valence-corrected chi connectivity index (χ1v) is 22.2. The van der Waals surface area contributed by atoms with Crippen LogP contribution in [0.15, 0.2) is 118 Å². The first-order chi connectivity index (χ1) is 27.9. The molecule has 59 heavy (non-hydrogen) atoms. The number of aromatic hydroxyl groups is 2. The van der Waals surface area contributed by atoms with Crippen LogP contribution in [0.4, 0.5) is 0 Å². The third-order valence-corrected chi connectivity index (χ3v) is 10.5. The van der Waals surface area contributed by atoms with E-state index in [0.29, 0.717) is 11.5 Å². The zero-order valence-electron chi connectivity index (χ0n) is 34.1. The molecular formula is C48H59Br3MgO7. The third-order valence-electron chi connectivity index (χ3n) is 9.44. The summed E-state index contributed by atoms with van der Waals surface area (Å²) in [5.74, 6) is 4.09. The molecule has 4 aromatic rings. The molecule has 3 saturated carbocycles. The Morgan fingerprint density at radius 1 is 0.525 bits per heavy atom. The fraction of sp³-hybridized carbons (Fsp3) is 0.438. The van der Waals surface area contributed by atoms with Crippen molar-refractivity contribution in [1.82, 2.24) is 0 Å². The Morgan fingerprint density at radius 3 is 1.24 bits per heavy atom. The van der Waals surface area contributed by atoms with Gasteiger partial charge in [0.1, 0.15) is 23.0 Å². The number of rotatable bonds is 6. The van der Waals surface area contributed by atoms with E-state index in [-0.39, 0.29) is 52.6 Å². The van der Waals surface area contributed by atoms with Crippen molar-refractivity contribution >= 4 is 54.9 Å². The summed E-state index contributed by atoms with van der Waals surface area (Å²) in [6.45, 7) is 2.57. The molecule has 4 aromatic carbocycles. The van der Waals surface area contributed by atoms with Gasteiger partial charge in [0.15, 0.2) is 12.6 Å². The van der Waals surface area contributed by atoms with Gasteiger partial charge in [-0.3, -0.25) is 0 Å². The van der Waals surface area contributed by atoms with Crippen molar-refractivity contribution in [1.29, 1.82) is 0 Å². The molecule has 5 fully saturated rings. The minimum absolute atomic E-state index is 0. The van der Waals surface area contributed by atoms with E-state index in [4.69, 9.17) is 33.9 Å². The van der Waals surface area contributed by atoms with Crippen LogP contribution in [0.25, 0.3) is 0 Å². The Hall–Kier alpha value is -2.25. The largest absolute Gasteiger partial charge is 2.00 e. The van der Waals surface area contributed by atoms with Gasteiger partial charge in [0.25, 0.3) is 0 Å². The van der Waals surface area contributed by atoms with Crippen molar-refractivity contribution in [3.05, 3.63) is 136 Å². The summed E-state index contributed by atoms with van der Waals surface area (Å²) in [6, 6.07) is 30.7. The molecule has 316 valence electrons. The van der Waals surface area contributed by atoms with Crippen LogP contribution < -0.4 is 26.5 Å². The van der Waals surface area contributed by atoms with E-state index in [9.17, 15) is 0 Å². The molecule has 7 nitrogen and oxygen atoms in total. The summed E-state index contributed by atoms with van der Waals surface area (Å²) in [7, 11) is 0. The number of ether oxygens (including phenoxy) is 5. The van der Waals surface area contributed by atoms with Crippen LogP contribution in [0.5, 0.6) is 23.0 Å². The van der Waals surface area contributed by atoms with Crippen LogP contribution in [0.3, 0.4) is 0 Å². The Morgan fingerprint density at radius 2 is 0.932 bits per heavy atom. The molecule has 0 spiro atoms. The van der Waals surface area contributed by atoms with Crippen LogP contribution in [-0.4, -0.2) is 65.7 Å². The number of halogens is 3. The molecule has 11 heteroatoms. The molecule has 2 N–H and O–H groups in total. The molecule has 0 bridgehead atoms. The van der Waals surface area contributed by atoms with Crippen molar-refractivity contribution in [2.24, 2.45) is 0 Å². The first-order valence-electron chi connectivity index (χ1n) is 20.6. The number of benzene rings is 4. The molecule has 2 unspecified atom stereocenters. The Bertz CT molecular complexity index is 1640. The number of phenolic OH excluding ortho intramolecular Hbond substituents is 2. The fourth-order valence-electron chi connectivity index (χ4n) is 5.75. The van der Waals surface area contributed by atoms with Gasteiger partial charge < -0.3 is 57.3 Å². The van der Waals surface area contributed by atoms with Gasteiger partial charge in [-0.05, 0) is 166 Å². The van der Waals surface area contributed by atoms with Crippen LogP contribution in [0, 0.1) is 6.42 Å². The van der Waals surface area contributed by atoms with Gasteiger partial charge in [-0.25, -0.2) is 12.8 Å². The number of hydrogen-bond donors (Lipinski definition) is 2. The van der Waals surface area contributed by atoms with Gasteiger partial charge in [-0.1, -0.05) is 56.1 Å². The SMILES string of the molecule is Brc1ccc(OC2CCCCO2)cc1.C1=COCCC1.Oc1ccc(Br)cc1.Oc1ccc(C2CC2)cc1.[Br-].[CH-]1CC1.[Mg+2].c1cc(C2CC2)ccc1OC1CCCCO1. The molecule has 0 aromatic heterocycles. The van der Waals surface area contributed by atoms with Gasteiger partial charge in [-0.15, -0.1) is 0 Å². The monoisotopic (exact) mass is 1010 g/mol. The molecule has 6 aliphatic rings. The van der Waals surface area contributed by atoms with E-state index in [1.165, 1.54) is 81.8 Å². The second-order valence-corrected chi connectivity index (χ2v) is 16.5. The number of phenols is 2. The summed E-state index contributed by atoms with van der Waals surface area (Å²) in [6.07, 6.45) is 23.2. The zero-order chi connectivity index (χ0) is 39.9. The predicted molar refractivity (Wildman–Crippen MR) is 240 cm³/mol. The van der Waals surface area contributed by atoms with E-state index in [1.807, 2.05) is 42.5 Å². The van der Waals surface area contributed by atoms with E-state index >= 15 is 0 Å². The van der Waals surface area contributed by atoms with Crippen LogP contribution in [-0.2, 0) is 14.2 Å². The summed E-state index contributed by atoms with van der Waals surface area (Å²) in [5, 5.41) is 17.7. The Balaban J connectivity index is 0.000000198. The Labute approximate surface area is 395 Å². The first kappa shape index (κ1) is 51.1. The Kier molecular flexibility index (Phi) is 25.9. The molecule has 3 aliphatic carbocycles. The molecule has 0 amide bonds. The van der Waals surface area contributed by atoms with E-state index < -0.39 is 0 Å². The minimum atomic E-state index is -0.0510. The van der Waals surface area contributed by atoms with Gasteiger partial charge in [-0.2, -0.15) is 0 Å². The topological polar surface area (TPSA) is 86.6 Å². The number of hydrogen-bond acceptors (Lipinski definition) is 7. The predicted octanol–water partition coefficient (Wildman–Crippen LogP) is 10.2. The van der Waals surface area contributed by atoms with Gasteiger partial charge >= 0.3 is 23.1 Å². The normalized spacial score (nSPS) is 19.5. The maximum absolute atomic E-state index is 8.96. The summed E-state index contributed by atoms with van der Waals surface area (Å²) >= 11 is 6.62. The molecule has 2 atom stereocenters. The van der Waals surface area contributed by atoms with E-state index in [2.05, 4.69) is 62.5 Å². The maximum atomic E-state index is 8.96. The number of allylic oxidation sites excluding steroid dienone is 1. The molecule has 0 radical (unpaired) electrons. The van der Waals surface area contributed by atoms with Crippen molar-refractivity contribution in [2.75, 3.05) is 19.8 Å². The zero-order valence-corrected chi connectivity index (χ0v) is 40.2. The van der Waals surface area contributed by atoms with Crippen molar-refractivity contribution in [3.63, 3.8) is 0 Å². The van der Waals surface area contributed by atoms with Crippen molar-refractivity contribution < 1.29 is 50.9 Å². The van der Waals surface area contributed by atoms with Crippen molar-refractivity contribution in [2.45, 2.75) is 114 Å². The van der Waals surface area contributed by atoms with Gasteiger partial charge in [0, 0.05) is 21.8 Å². The van der Waals surface area contributed by atoms with E-state index in [1.54, 1.807) is 42.7 Å².